The van der Waals surface area contributed by atoms with Crippen molar-refractivity contribution in [3.63, 3.8) is 0 Å². The van der Waals surface area contributed by atoms with Gasteiger partial charge in [0.1, 0.15) is 5.82 Å². The lowest BCUT2D eigenvalue weighted by atomic mass is 10.1. The summed E-state index contributed by atoms with van der Waals surface area (Å²) in [7, 11) is 0. The van der Waals surface area contributed by atoms with Gasteiger partial charge in [0.05, 0.1) is 5.69 Å². The first kappa shape index (κ1) is 10.5. The second kappa shape index (κ2) is 4.30. The second-order valence-electron chi connectivity index (χ2n) is 4.34. The summed E-state index contributed by atoms with van der Waals surface area (Å²) in [6, 6.07) is 8.57. The van der Waals surface area contributed by atoms with Crippen molar-refractivity contribution in [2.45, 2.75) is 12.3 Å². The van der Waals surface area contributed by atoms with Crippen LogP contribution in [0.15, 0.2) is 36.5 Å². The monoisotopic (exact) mass is 231 g/mol. The van der Waals surface area contributed by atoms with Crippen LogP contribution >= 0.6 is 0 Å². The van der Waals surface area contributed by atoms with Gasteiger partial charge in [0.2, 0.25) is 0 Å². The molecule has 4 heteroatoms. The van der Waals surface area contributed by atoms with Crippen LogP contribution < -0.4 is 5.32 Å². The van der Waals surface area contributed by atoms with E-state index in [1.54, 1.807) is 12.3 Å². The number of hydrogen-bond donors (Lipinski definition) is 1. The molecule has 1 atom stereocenters. The molecule has 0 bridgehead atoms. The first-order valence-corrected chi connectivity index (χ1v) is 5.85. The molecule has 1 aliphatic heterocycles. The van der Waals surface area contributed by atoms with E-state index in [1.807, 2.05) is 16.8 Å². The molecule has 1 unspecified atom stereocenters. The van der Waals surface area contributed by atoms with E-state index >= 15 is 0 Å². The summed E-state index contributed by atoms with van der Waals surface area (Å²) < 4.78 is 15.0. The minimum absolute atomic E-state index is 0.228. The van der Waals surface area contributed by atoms with Crippen molar-refractivity contribution < 1.29 is 4.39 Å². The third-order valence-electron chi connectivity index (χ3n) is 3.20. The van der Waals surface area contributed by atoms with Gasteiger partial charge in [-0.1, -0.05) is 6.07 Å². The van der Waals surface area contributed by atoms with Gasteiger partial charge in [0.25, 0.3) is 0 Å². The Hall–Kier alpha value is -1.68. The average Bonchev–Trinajstić information content (AvgIpc) is 3.00. The molecule has 1 saturated heterocycles. The third-order valence-corrected chi connectivity index (χ3v) is 3.20. The quantitative estimate of drug-likeness (QED) is 0.857. The molecule has 0 radical (unpaired) electrons. The van der Waals surface area contributed by atoms with Gasteiger partial charge in [0, 0.05) is 24.4 Å². The molecule has 1 aromatic carbocycles. The minimum Gasteiger partial charge on any atom is -0.316 e. The molecule has 1 aliphatic rings. The van der Waals surface area contributed by atoms with Crippen LogP contribution in [0.4, 0.5) is 4.39 Å². The zero-order chi connectivity index (χ0) is 11.7. The summed E-state index contributed by atoms with van der Waals surface area (Å²) >= 11 is 0. The van der Waals surface area contributed by atoms with E-state index in [1.165, 1.54) is 12.1 Å². The van der Waals surface area contributed by atoms with Crippen molar-refractivity contribution >= 4 is 0 Å². The Morgan fingerprint density at radius 2 is 2.29 bits per heavy atom. The number of benzene rings is 1. The lowest BCUT2D eigenvalue weighted by Crippen LogP contribution is -2.11. The number of rotatable bonds is 2. The lowest BCUT2D eigenvalue weighted by molar-refractivity contribution is 0.622. The average molecular weight is 231 g/mol. The maximum atomic E-state index is 13.2. The van der Waals surface area contributed by atoms with Gasteiger partial charge in [-0.15, -0.1) is 0 Å². The largest absolute Gasteiger partial charge is 0.316 e. The highest BCUT2D eigenvalue weighted by molar-refractivity contribution is 5.34. The molecule has 3 rings (SSSR count). The normalized spacial score (nSPS) is 19.7. The maximum absolute atomic E-state index is 13.2. The van der Waals surface area contributed by atoms with Crippen molar-refractivity contribution in [1.29, 1.82) is 0 Å². The highest BCUT2D eigenvalue weighted by Gasteiger charge is 2.20. The molecule has 2 heterocycles. The fourth-order valence-electron chi connectivity index (χ4n) is 2.35. The van der Waals surface area contributed by atoms with E-state index < -0.39 is 0 Å². The Labute approximate surface area is 99.3 Å². The Bertz CT molecular complexity index is 515. The zero-order valence-electron chi connectivity index (χ0n) is 9.44. The van der Waals surface area contributed by atoms with Crippen molar-refractivity contribution in [3.8, 4) is 5.69 Å². The Balaban J connectivity index is 2.00. The maximum Gasteiger partial charge on any atom is 0.125 e. The van der Waals surface area contributed by atoms with E-state index in [9.17, 15) is 4.39 Å². The van der Waals surface area contributed by atoms with Crippen molar-refractivity contribution in [1.82, 2.24) is 15.1 Å². The number of aromatic nitrogens is 2. The number of hydrogen-bond acceptors (Lipinski definition) is 2. The number of nitrogens with zero attached hydrogens (tertiary/aromatic N) is 2. The van der Waals surface area contributed by atoms with Gasteiger partial charge in [-0.2, -0.15) is 5.10 Å². The molecule has 0 saturated carbocycles. The minimum atomic E-state index is -0.228. The van der Waals surface area contributed by atoms with E-state index in [4.69, 9.17) is 0 Å². The smallest absolute Gasteiger partial charge is 0.125 e. The molecule has 88 valence electrons. The fraction of sp³-hybridized carbons (Fsp3) is 0.308. The van der Waals surface area contributed by atoms with Crippen LogP contribution in [0.2, 0.25) is 0 Å². The van der Waals surface area contributed by atoms with E-state index in [2.05, 4.69) is 10.4 Å². The molecule has 1 aromatic heterocycles. The number of halogens is 1. The van der Waals surface area contributed by atoms with Gasteiger partial charge in [-0.05, 0) is 37.2 Å². The molecule has 3 nitrogen and oxygen atoms in total. The molecular weight excluding hydrogens is 217 g/mol. The zero-order valence-corrected chi connectivity index (χ0v) is 9.44. The topological polar surface area (TPSA) is 29.9 Å². The van der Waals surface area contributed by atoms with Crippen molar-refractivity contribution in [2.24, 2.45) is 0 Å². The molecule has 1 fully saturated rings. The summed E-state index contributed by atoms with van der Waals surface area (Å²) in [4.78, 5) is 0. The van der Waals surface area contributed by atoms with Gasteiger partial charge in [-0.25, -0.2) is 9.07 Å². The molecule has 1 N–H and O–H groups in total. The van der Waals surface area contributed by atoms with Gasteiger partial charge in [-0.3, -0.25) is 0 Å². The van der Waals surface area contributed by atoms with Gasteiger partial charge in [0.15, 0.2) is 0 Å². The first-order valence-electron chi connectivity index (χ1n) is 5.85. The molecular formula is C13H14FN3. The summed E-state index contributed by atoms with van der Waals surface area (Å²) in [5.74, 6) is 0.245. The molecule has 0 amide bonds. The first-order chi connectivity index (χ1) is 8.34. The van der Waals surface area contributed by atoms with Crippen LogP contribution in [0.25, 0.3) is 5.69 Å². The van der Waals surface area contributed by atoms with Gasteiger partial charge < -0.3 is 5.32 Å². The predicted octanol–water partition coefficient (Wildman–Crippen LogP) is 2.09. The molecule has 0 aliphatic carbocycles. The second-order valence-corrected chi connectivity index (χ2v) is 4.34. The highest BCUT2D eigenvalue weighted by atomic mass is 19.1. The van der Waals surface area contributed by atoms with Crippen molar-refractivity contribution in [3.05, 3.63) is 48.0 Å². The summed E-state index contributed by atoms with van der Waals surface area (Å²) in [6.45, 7) is 2.01. The lowest BCUT2D eigenvalue weighted by Gasteiger charge is -2.12. The van der Waals surface area contributed by atoms with Gasteiger partial charge >= 0.3 is 0 Å². The standard InChI is InChI=1S/C13H14FN3/c14-11-2-1-3-12(8-11)17-13(5-7-16-17)10-4-6-15-9-10/h1-3,5,7-8,10,15H,4,6,9H2. The van der Waals surface area contributed by atoms with E-state index in [0.29, 0.717) is 5.92 Å². The highest BCUT2D eigenvalue weighted by Crippen LogP contribution is 2.24. The van der Waals surface area contributed by atoms with E-state index in [-0.39, 0.29) is 5.82 Å². The third kappa shape index (κ3) is 1.96. The van der Waals surface area contributed by atoms with Crippen LogP contribution in [0, 0.1) is 5.82 Å². The van der Waals surface area contributed by atoms with Crippen molar-refractivity contribution in [2.75, 3.05) is 13.1 Å². The van der Waals surface area contributed by atoms with E-state index in [0.717, 1.165) is 30.9 Å². The Kier molecular flexibility index (Phi) is 2.65. The summed E-state index contributed by atoms with van der Waals surface area (Å²) in [6.07, 6.45) is 2.89. The van der Waals surface area contributed by atoms with Crippen LogP contribution in [0.1, 0.15) is 18.0 Å². The predicted molar refractivity (Wildman–Crippen MR) is 63.7 cm³/mol. The Morgan fingerprint density at radius 3 is 3.06 bits per heavy atom. The SMILES string of the molecule is Fc1cccc(-n2nccc2C2CCNC2)c1. The van der Waals surface area contributed by atoms with Crippen LogP contribution in [-0.2, 0) is 0 Å². The van der Waals surface area contributed by atoms with Crippen LogP contribution in [0.3, 0.4) is 0 Å². The Morgan fingerprint density at radius 1 is 1.35 bits per heavy atom. The molecule has 17 heavy (non-hydrogen) atoms. The van der Waals surface area contributed by atoms with Crippen LogP contribution in [0.5, 0.6) is 0 Å². The summed E-state index contributed by atoms with van der Waals surface area (Å²) in [5.41, 5.74) is 1.94. The molecule has 0 spiro atoms. The van der Waals surface area contributed by atoms with Crippen LogP contribution in [-0.4, -0.2) is 22.9 Å². The number of nitrogens with one attached hydrogen (secondary N) is 1. The summed E-state index contributed by atoms with van der Waals surface area (Å²) in [5, 5.41) is 7.63. The molecule has 2 aromatic rings. The fourth-order valence-corrected chi connectivity index (χ4v) is 2.35.